The Balaban J connectivity index is 0.000000211. The van der Waals surface area contributed by atoms with Crippen molar-refractivity contribution in [1.29, 1.82) is 0 Å². The zero-order valence-electron chi connectivity index (χ0n) is 14.7. The van der Waals surface area contributed by atoms with Crippen molar-refractivity contribution in [3.8, 4) is 0 Å². The Hall–Kier alpha value is -1.56. The van der Waals surface area contributed by atoms with Gasteiger partial charge in [0.25, 0.3) is 0 Å². The van der Waals surface area contributed by atoms with Crippen LogP contribution in [0.1, 0.15) is 67.3 Å². The fraction of sp³-hybridized carbons (Fsp3) is 0.429. The van der Waals surface area contributed by atoms with Gasteiger partial charge in [-0.2, -0.15) is 0 Å². The average molecular weight is 282 g/mol. The van der Waals surface area contributed by atoms with E-state index in [0.717, 1.165) is 0 Å². The third-order valence-corrected chi connectivity index (χ3v) is 3.79. The zero-order valence-corrected chi connectivity index (χ0v) is 14.7. The van der Waals surface area contributed by atoms with Gasteiger partial charge in [-0.1, -0.05) is 81.3 Å². The first-order valence-corrected chi connectivity index (χ1v) is 7.95. The fourth-order valence-corrected chi connectivity index (χ4v) is 2.42. The Kier molecular flexibility index (Phi) is 6.68. The van der Waals surface area contributed by atoms with Crippen molar-refractivity contribution in [1.82, 2.24) is 0 Å². The maximum Gasteiger partial charge on any atom is -0.0216 e. The van der Waals surface area contributed by atoms with E-state index in [2.05, 4.69) is 90.9 Å². The molecule has 0 nitrogen and oxygen atoms in total. The van der Waals surface area contributed by atoms with Gasteiger partial charge >= 0.3 is 0 Å². The lowest BCUT2D eigenvalue weighted by Crippen LogP contribution is -1.91. The maximum absolute atomic E-state index is 2.25. The Bertz CT molecular complexity index is 545. The van der Waals surface area contributed by atoms with Crippen molar-refractivity contribution < 1.29 is 0 Å². The molecule has 0 saturated carbocycles. The molecule has 0 N–H and O–H groups in total. The van der Waals surface area contributed by atoms with Crippen molar-refractivity contribution >= 4 is 0 Å². The van der Waals surface area contributed by atoms with Gasteiger partial charge in [0.2, 0.25) is 0 Å². The molecule has 114 valence electrons. The molecule has 2 rings (SSSR count). The highest BCUT2D eigenvalue weighted by molar-refractivity contribution is 5.32. The third-order valence-electron chi connectivity index (χ3n) is 3.79. The van der Waals surface area contributed by atoms with Crippen LogP contribution in [0, 0.1) is 20.8 Å². The molecule has 0 heterocycles. The average Bonchev–Trinajstić information content (AvgIpc) is 2.39. The van der Waals surface area contributed by atoms with Crippen molar-refractivity contribution in [2.24, 2.45) is 0 Å². The van der Waals surface area contributed by atoms with Gasteiger partial charge in [0.15, 0.2) is 0 Å². The van der Waals surface area contributed by atoms with Gasteiger partial charge in [-0.05, 0) is 49.3 Å². The van der Waals surface area contributed by atoms with Crippen LogP contribution in [0.2, 0.25) is 0 Å². The summed E-state index contributed by atoms with van der Waals surface area (Å²) >= 11 is 0. The SMILES string of the molecule is Cc1ccc(C(C)C)c(C)c1.Cc1ccc(C(C)C)cc1. The number of benzene rings is 2. The highest BCUT2D eigenvalue weighted by atomic mass is 14.1. The molecule has 0 radical (unpaired) electrons. The summed E-state index contributed by atoms with van der Waals surface area (Å²) < 4.78 is 0. The lowest BCUT2D eigenvalue weighted by molar-refractivity contribution is 0.855. The lowest BCUT2D eigenvalue weighted by Gasteiger charge is -2.09. The van der Waals surface area contributed by atoms with Crippen molar-refractivity contribution in [3.63, 3.8) is 0 Å². The summed E-state index contributed by atoms with van der Waals surface area (Å²) in [4.78, 5) is 0. The van der Waals surface area contributed by atoms with Crippen LogP contribution in [-0.4, -0.2) is 0 Å². The molecule has 0 unspecified atom stereocenters. The Morgan fingerprint density at radius 2 is 1.14 bits per heavy atom. The van der Waals surface area contributed by atoms with E-state index in [1.165, 1.54) is 27.8 Å². The van der Waals surface area contributed by atoms with Crippen molar-refractivity contribution in [2.75, 3.05) is 0 Å². The highest BCUT2D eigenvalue weighted by Crippen LogP contribution is 2.19. The van der Waals surface area contributed by atoms with Crippen LogP contribution in [0.15, 0.2) is 42.5 Å². The smallest absolute Gasteiger partial charge is 0.0216 e. The van der Waals surface area contributed by atoms with E-state index >= 15 is 0 Å². The van der Waals surface area contributed by atoms with E-state index in [1.54, 1.807) is 0 Å². The van der Waals surface area contributed by atoms with Crippen LogP contribution in [0.5, 0.6) is 0 Å². The van der Waals surface area contributed by atoms with Gasteiger partial charge < -0.3 is 0 Å². The minimum absolute atomic E-state index is 0.649. The molecule has 0 aliphatic carbocycles. The molecule has 0 aliphatic rings. The predicted octanol–water partition coefficient (Wildman–Crippen LogP) is 6.55. The minimum atomic E-state index is 0.649. The van der Waals surface area contributed by atoms with E-state index in [-0.39, 0.29) is 0 Å². The molecule has 0 aliphatic heterocycles. The fourth-order valence-electron chi connectivity index (χ4n) is 2.42. The molecule has 0 aromatic heterocycles. The van der Waals surface area contributed by atoms with E-state index in [9.17, 15) is 0 Å². The standard InChI is InChI=1S/C11H16.C10H14/c1-8(2)11-6-5-9(3)7-10(11)4;1-8(2)10-6-4-9(3)5-7-10/h5-8H,1-4H3;4-8H,1-3H3. The molecule has 0 fully saturated rings. The molecule has 21 heavy (non-hydrogen) atoms. The molecule has 0 heteroatoms. The monoisotopic (exact) mass is 282 g/mol. The summed E-state index contributed by atoms with van der Waals surface area (Å²) in [5.41, 5.74) is 7.00. The molecular weight excluding hydrogens is 252 g/mol. The van der Waals surface area contributed by atoms with Gasteiger partial charge in [-0.25, -0.2) is 0 Å². The summed E-state index contributed by atoms with van der Waals surface area (Å²) in [5, 5.41) is 0. The molecule has 2 aromatic carbocycles. The van der Waals surface area contributed by atoms with E-state index in [4.69, 9.17) is 0 Å². The molecular formula is C21H30. The van der Waals surface area contributed by atoms with Crippen LogP contribution < -0.4 is 0 Å². The second-order valence-corrected chi connectivity index (χ2v) is 6.58. The molecule has 0 atom stereocenters. The van der Waals surface area contributed by atoms with Crippen LogP contribution in [-0.2, 0) is 0 Å². The Labute approximate surface area is 131 Å². The summed E-state index contributed by atoms with van der Waals surface area (Å²) in [6.45, 7) is 15.3. The Morgan fingerprint density at radius 1 is 0.619 bits per heavy atom. The van der Waals surface area contributed by atoms with Crippen molar-refractivity contribution in [3.05, 3.63) is 70.3 Å². The topological polar surface area (TPSA) is 0 Å². The molecule has 0 saturated heterocycles. The van der Waals surface area contributed by atoms with Crippen LogP contribution in [0.25, 0.3) is 0 Å². The first-order valence-electron chi connectivity index (χ1n) is 7.95. The predicted molar refractivity (Wildman–Crippen MR) is 95.3 cm³/mol. The molecule has 0 spiro atoms. The first kappa shape index (κ1) is 17.5. The van der Waals surface area contributed by atoms with Crippen LogP contribution in [0.3, 0.4) is 0 Å². The third kappa shape index (κ3) is 5.75. The summed E-state index contributed by atoms with van der Waals surface area (Å²) in [5.74, 6) is 1.30. The zero-order chi connectivity index (χ0) is 16.0. The maximum atomic E-state index is 2.25. The lowest BCUT2D eigenvalue weighted by atomic mass is 9.97. The number of hydrogen-bond acceptors (Lipinski definition) is 0. The van der Waals surface area contributed by atoms with Gasteiger partial charge in [-0.3, -0.25) is 0 Å². The number of hydrogen-bond donors (Lipinski definition) is 0. The van der Waals surface area contributed by atoms with Gasteiger partial charge in [0, 0.05) is 0 Å². The summed E-state index contributed by atoms with van der Waals surface area (Å²) in [7, 11) is 0. The van der Waals surface area contributed by atoms with Gasteiger partial charge in [-0.15, -0.1) is 0 Å². The van der Waals surface area contributed by atoms with E-state index in [0.29, 0.717) is 11.8 Å². The second-order valence-electron chi connectivity index (χ2n) is 6.58. The minimum Gasteiger partial charge on any atom is -0.0590 e. The van der Waals surface area contributed by atoms with E-state index in [1.807, 2.05) is 0 Å². The molecule has 0 amide bonds. The highest BCUT2D eigenvalue weighted by Gasteiger charge is 2.01. The first-order chi connectivity index (χ1) is 9.81. The van der Waals surface area contributed by atoms with Crippen LogP contribution in [0.4, 0.5) is 0 Å². The summed E-state index contributed by atoms with van der Waals surface area (Å²) in [6.07, 6.45) is 0. The molecule has 0 bridgehead atoms. The van der Waals surface area contributed by atoms with Gasteiger partial charge in [0.05, 0.1) is 0 Å². The molecule has 2 aromatic rings. The van der Waals surface area contributed by atoms with Crippen molar-refractivity contribution in [2.45, 2.75) is 60.3 Å². The second kappa shape index (κ2) is 8.02. The number of rotatable bonds is 2. The number of aryl methyl sites for hydroxylation is 3. The quantitative estimate of drug-likeness (QED) is 0.586. The Morgan fingerprint density at radius 3 is 1.57 bits per heavy atom. The van der Waals surface area contributed by atoms with Crippen LogP contribution >= 0.6 is 0 Å². The van der Waals surface area contributed by atoms with E-state index < -0.39 is 0 Å². The largest absolute Gasteiger partial charge is 0.0590 e. The van der Waals surface area contributed by atoms with Gasteiger partial charge in [0.1, 0.15) is 0 Å². The normalized spacial score (nSPS) is 10.5. The summed E-state index contributed by atoms with van der Waals surface area (Å²) in [6, 6.07) is 15.4.